The summed E-state index contributed by atoms with van der Waals surface area (Å²) in [7, 11) is 0. The van der Waals surface area contributed by atoms with E-state index in [4.69, 9.17) is 4.74 Å². The standard InChI is InChI=1S/C38H39NO2/c1-37(2,3)36(40)39-22-21-28-24-29(33-26-19-20-27(23-26)34(33)35(28)39)25-41-38(30-13-7-4-8-14-30,31-15-9-5-10-16-31)32-17-11-6-12-18-32/h4-21,26-27,29,35H,22-25H2,1-3H3/t26-,27+,29?,35?/m1/s1. The minimum atomic E-state index is -0.729. The number of ether oxygens (including phenoxy) is 1. The fourth-order valence-electron chi connectivity index (χ4n) is 7.85. The number of hydrogen-bond acceptors (Lipinski definition) is 2. The van der Waals surface area contributed by atoms with Crippen molar-refractivity contribution in [3.8, 4) is 0 Å². The molecule has 41 heavy (non-hydrogen) atoms. The molecule has 1 amide bonds. The lowest BCUT2D eigenvalue weighted by Crippen LogP contribution is -2.47. The van der Waals surface area contributed by atoms with Crippen LogP contribution >= 0.6 is 0 Å². The minimum absolute atomic E-state index is 0.120. The number of carbonyl (C=O) groups is 1. The third kappa shape index (κ3) is 4.25. The Balaban J connectivity index is 1.30. The number of rotatable bonds is 6. The summed E-state index contributed by atoms with van der Waals surface area (Å²) in [5, 5.41) is 0. The van der Waals surface area contributed by atoms with Gasteiger partial charge in [-0.05, 0) is 46.6 Å². The van der Waals surface area contributed by atoms with Crippen molar-refractivity contribution in [2.75, 3.05) is 13.2 Å². The molecule has 0 N–H and O–H groups in total. The average molecular weight is 542 g/mol. The number of allylic oxidation sites excluding steroid dienone is 2. The van der Waals surface area contributed by atoms with E-state index >= 15 is 0 Å². The van der Waals surface area contributed by atoms with E-state index in [1.165, 1.54) is 16.7 Å². The van der Waals surface area contributed by atoms with Gasteiger partial charge in [-0.1, -0.05) is 136 Å². The van der Waals surface area contributed by atoms with Gasteiger partial charge in [0.2, 0.25) is 5.91 Å². The van der Waals surface area contributed by atoms with Crippen molar-refractivity contribution in [2.24, 2.45) is 23.2 Å². The predicted molar refractivity (Wildman–Crippen MR) is 164 cm³/mol. The van der Waals surface area contributed by atoms with Gasteiger partial charge in [0.1, 0.15) is 5.60 Å². The van der Waals surface area contributed by atoms with E-state index in [9.17, 15) is 4.79 Å². The van der Waals surface area contributed by atoms with Gasteiger partial charge in [0.15, 0.2) is 0 Å². The Hall–Kier alpha value is -3.69. The van der Waals surface area contributed by atoms with Gasteiger partial charge in [0.25, 0.3) is 0 Å². The number of fused-ring (bicyclic) bond motifs is 6. The maximum Gasteiger partial charge on any atom is 0.228 e. The molecule has 0 fully saturated rings. The molecule has 3 nitrogen and oxygen atoms in total. The SMILES string of the molecule is CC(C)(C)C(=O)N1CC=C2CC(COC(c3ccccc3)(c3ccccc3)c3ccccc3)C3=C(C21)[C@H]1C=C[C@@H]3C1. The van der Waals surface area contributed by atoms with Crippen LogP contribution in [-0.2, 0) is 15.1 Å². The molecule has 3 aromatic carbocycles. The monoisotopic (exact) mass is 541 g/mol. The molecule has 1 aliphatic heterocycles. The molecule has 208 valence electrons. The zero-order chi connectivity index (χ0) is 28.2. The van der Waals surface area contributed by atoms with Crippen LogP contribution in [0.1, 0.15) is 50.3 Å². The Morgan fingerprint density at radius 3 is 1.80 bits per heavy atom. The van der Waals surface area contributed by atoms with Gasteiger partial charge in [-0.15, -0.1) is 0 Å². The third-order valence-corrected chi connectivity index (χ3v) is 9.59. The lowest BCUT2D eigenvalue weighted by atomic mass is 9.73. The Kier molecular flexibility index (Phi) is 6.39. The second kappa shape index (κ2) is 9.99. The molecule has 0 aromatic heterocycles. The van der Waals surface area contributed by atoms with Crippen LogP contribution in [0.25, 0.3) is 0 Å². The van der Waals surface area contributed by atoms with Gasteiger partial charge in [0.05, 0.1) is 12.6 Å². The fraction of sp³-hybridized carbons (Fsp3) is 0.342. The third-order valence-electron chi connectivity index (χ3n) is 9.59. The number of nitrogens with zero attached hydrogens (tertiary/aromatic N) is 1. The van der Waals surface area contributed by atoms with Crippen molar-refractivity contribution in [1.29, 1.82) is 0 Å². The summed E-state index contributed by atoms with van der Waals surface area (Å²) in [5.74, 6) is 1.42. The molecule has 7 rings (SSSR count). The van der Waals surface area contributed by atoms with Gasteiger partial charge in [-0.25, -0.2) is 0 Å². The molecule has 3 aliphatic carbocycles. The van der Waals surface area contributed by atoms with Crippen LogP contribution in [0.15, 0.2) is 126 Å². The molecular formula is C38H39NO2. The fourth-order valence-corrected chi connectivity index (χ4v) is 7.85. The van der Waals surface area contributed by atoms with Gasteiger partial charge < -0.3 is 9.64 Å². The van der Waals surface area contributed by atoms with Crippen LogP contribution in [0.2, 0.25) is 0 Å². The summed E-state index contributed by atoms with van der Waals surface area (Å²) >= 11 is 0. The van der Waals surface area contributed by atoms with Crippen molar-refractivity contribution in [3.05, 3.63) is 143 Å². The molecular weight excluding hydrogens is 502 g/mol. The second-order valence-electron chi connectivity index (χ2n) is 13.1. The van der Waals surface area contributed by atoms with Crippen LogP contribution in [0.5, 0.6) is 0 Å². The van der Waals surface area contributed by atoms with Crippen LogP contribution in [0.4, 0.5) is 0 Å². The summed E-state index contributed by atoms with van der Waals surface area (Å²) in [6, 6.07) is 32.1. The lowest BCUT2D eigenvalue weighted by molar-refractivity contribution is -0.139. The van der Waals surface area contributed by atoms with E-state index < -0.39 is 11.0 Å². The number of carbonyl (C=O) groups excluding carboxylic acids is 1. The molecule has 0 saturated carbocycles. The summed E-state index contributed by atoms with van der Waals surface area (Å²) in [6.45, 7) is 7.45. The van der Waals surface area contributed by atoms with Crippen molar-refractivity contribution >= 4 is 5.91 Å². The van der Waals surface area contributed by atoms with E-state index in [1.807, 2.05) is 20.8 Å². The van der Waals surface area contributed by atoms with Gasteiger partial charge in [0, 0.05) is 23.8 Å². The topological polar surface area (TPSA) is 29.5 Å². The molecule has 0 spiro atoms. The van der Waals surface area contributed by atoms with E-state index in [-0.39, 0.29) is 17.9 Å². The van der Waals surface area contributed by atoms with E-state index in [2.05, 4.69) is 114 Å². The zero-order valence-electron chi connectivity index (χ0n) is 24.3. The highest BCUT2D eigenvalue weighted by atomic mass is 16.5. The van der Waals surface area contributed by atoms with E-state index in [1.54, 1.807) is 0 Å². The largest absolute Gasteiger partial charge is 0.360 e. The van der Waals surface area contributed by atoms with E-state index in [0.717, 1.165) is 29.5 Å². The summed E-state index contributed by atoms with van der Waals surface area (Å²) in [5.41, 5.74) is 6.71. The van der Waals surface area contributed by atoms with Crippen molar-refractivity contribution in [3.63, 3.8) is 0 Å². The normalized spacial score (nSPS) is 24.9. The zero-order valence-corrected chi connectivity index (χ0v) is 24.3. The number of amides is 1. The first-order chi connectivity index (χ1) is 19.9. The second-order valence-corrected chi connectivity index (χ2v) is 13.1. The van der Waals surface area contributed by atoms with Crippen molar-refractivity contribution in [1.82, 2.24) is 4.90 Å². The predicted octanol–water partition coefficient (Wildman–Crippen LogP) is 7.70. The van der Waals surface area contributed by atoms with Crippen LogP contribution in [-0.4, -0.2) is 30.0 Å². The Morgan fingerprint density at radius 1 is 0.780 bits per heavy atom. The highest BCUT2D eigenvalue weighted by molar-refractivity contribution is 5.83. The van der Waals surface area contributed by atoms with Crippen molar-refractivity contribution < 1.29 is 9.53 Å². The van der Waals surface area contributed by atoms with Gasteiger partial charge in [-0.3, -0.25) is 4.79 Å². The molecule has 0 saturated heterocycles. The molecule has 3 aromatic rings. The summed E-state index contributed by atoms with van der Waals surface area (Å²) in [4.78, 5) is 15.7. The first-order valence-corrected chi connectivity index (χ1v) is 15.1. The number of benzene rings is 3. The number of hydrogen-bond donors (Lipinski definition) is 0. The Morgan fingerprint density at radius 2 is 1.29 bits per heavy atom. The summed E-state index contributed by atoms with van der Waals surface area (Å²) in [6.07, 6.45) is 9.23. The molecule has 2 unspecified atom stereocenters. The molecule has 4 atom stereocenters. The molecule has 3 heteroatoms. The van der Waals surface area contributed by atoms with Gasteiger partial charge >= 0.3 is 0 Å². The molecule has 0 radical (unpaired) electrons. The van der Waals surface area contributed by atoms with E-state index in [0.29, 0.717) is 25.0 Å². The smallest absolute Gasteiger partial charge is 0.228 e. The summed E-state index contributed by atoms with van der Waals surface area (Å²) < 4.78 is 7.35. The Bertz CT molecular complexity index is 1430. The quantitative estimate of drug-likeness (QED) is 0.236. The van der Waals surface area contributed by atoms with Gasteiger partial charge in [-0.2, -0.15) is 0 Å². The maximum atomic E-state index is 13.6. The van der Waals surface area contributed by atoms with Crippen molar-refractivity contribution in [2.45, 2.75) is 45.3 Å². The highest BCUT2D eigenvalue weighted by Crippen LogP contribution is 2.56. The first kappa shape index (κ1) is 26.2. The minimum Gasteiger partial charge on any atom is -0.360 e. The molecule has 1 heterocycles. The van der Waals surface area contributed by atoms with Crippen LogP contribution in [0, 0.1) is 23.2 Å². The first-order valence-electron chi connectivity index (χ1n) is 15.1. The molecule has 2 bridgehead atoms. The maximum absolute atomic E-state index is 13.6. The van der Waals surface area contributed by atoms with Crippen LogP contribution in [0.3, 0.4) is 0 Å². The lowest BCUT2D eigenvalue weighted by Gasteiger charge is -2.42. The Labute approximate surface area is 244 Å². The average Bonchev–Trinajstić information content (AvgIpc) is 3.74. The highest BCUT2D eigenvalue weighted by Gasteiger charge is 2.51. The molecule has 4 aliphatic rings. The van der Waals surface area contributed by atoms with Crippen LogP contribution < -0.4 is 0 Å².